The summed E-state index contributed by atoms with van der Waals surface area (Å²) in [5.74, 6) is 0.606. The van der Waals surface area contributed by atoms with Gasteiger partial charge < -0.3 is 10.4 Å². The number of rotatable bonds is 49. The Labute approximate surface area is 363 Å². The number of allylic oxidation sites excluding steroid dienone is 4. The molecule has 0 saturated heterocycles. The van der Waals surface area contributed by atoms with Gasteiger partial charge in [-0.3, -0.25) is 9.59 Å². The molecule has 0 radical (unpaired) electrons. The summed E-state index contributed by atoms with van der Waals surface area (Å²) in [7, 11) is 0. The molecular formula is C54H103NO3. The number of ketones is 1. The van der Waals surface area contributed by atoms with Crippen molar-refractivity contribution >= 4 is 11.7 Å². The summed E-state index contributed by atoms with van der Waals surface area (Å²) >= 11 is 0. The van der Waals surface area contributed by atoms with Crippen LogP contribution in [0.1, 0.15) is 296 Å². The molecule has 4 heteroatoms. The predicted molar refractivity (Wildman–Crippen MR) is 257 cm³/mol. The van der Waals surface area contributed by atoms with Crippen LogP contribution in [0.25, 0.3) is 0 Å². The molecule has 342 valence electrons. The number of unbranched alkanes of at least 4 members (excludes halogenated alkanes) is 35. The maximum absolute atomic E-state index is 12.4. The van der Waals surface area contributed by atoms with E-state index in [2.05, 4.69) is 43.5 Å². The number of carbonyl (C=O) groups excluding carboxylic acids is 2. The van der Waals surface area contributed by atoms with E-state index in [-0.39, 0.29) is 18.6 Å². The number of Topliss-reactive ketones (excluding diaryl/α,β-unsaturated/α-hetero) is 1. The van der Waals surface area contributed by atoms with Crippen LogP contribution in [0.4, 0.5) is 0 Å². The second kappa shape index (κ2) is 49.9. The minimum absolute atomic E-state index is 0.0584. The SMILES string of the molecule is CCCCC/C=C\C/C=C\CCCCCCCC(=O)CCCCCCCCCCCCCCCC(=O)N[C@@H](CO)CCCCCCCCCCCCCCCCCC. The summed E-state index contributed by atoms with van der Waals surface area (Å²) < 4.78 is 0. The zero-order valence-corrected chi connectivity index (χ0v) is 39.5. The summed E-state index contributed by atoms with van der Waals surface area (Å²) in [6, 6.07) is -0.0702. The Hall–Kier alpha value is -1.42. The van der Waals surface area contributed by atoms with Crippen LogP contribution in [0.5, 0.6) is 0 Å². The lowest BCUT2D eigenvalue weighted by Crippen LogP contribution is -2.37. The molecule has 0 aliphatic carbocycles. The van der Waals surface area contributed by atoms with Crippen molar-refractivity contribution in [3.63, 3.8) is 0 Å². The molecule has 0 aliphatic heterocycles. The summed E-state index contributed by atoms with van der Waals surface area (Å²) in [4.78, 5) is 24.7. The minimum atomic E-state index is -0.0702. The average Bonchev–Trinajstić information content (AvgIpc) is 3.22. The van der Waals surface area contributed by atoms with E-state index in [9.17, 15) is 14.7 Å². The van der Waals surface area contributed by atoms with E-state index in [0.717, 1.165) is 57.8 Å². The number of hydrogen-bond acceptors (Lipinski definition) is 3. The monoisotopic (exact) mass is 814 g/mol. The molecule has 0 aliphatic rings. The molecule has 0 aromatic rings. The molecule has 1 atom stereocenters. The second-order valence-corrected chi connectivity index (χ2v) is 18.2. The van der Waals surface area contributed by atoms with Crippen LogP contribution in [-0.4, -0.2) is 29.4 Å². The molecule has 1 amide bonds. The summed E-state index contributed by atoms with van der Waals surface area (Å²) in [6.07, 6.45) is 64.0. The Morgan fingerprint density at radius 1 is 0.397 bits per heavy atom. The van der Waals surface area contributed by atoms with Gasteiger partial charge in [-0.15, -0.1) is 0 Å². The molecule has 0 aromatic heterocycles. The highest BCUT2D eigenvalue weighted by Gasteiger charge is 2.11. The first kappa shape index (κ1) is 56.6. The van der Waals surface area contributed by atoms with Gasteiger partial charge in [-0.25, -0.2) is 0 Å². The Morgan fingerprint density at radius 2 is 0.707 bits per heavy atom. The third-order valence-electron chi connectivity index (χ3n) is 12.3. The van der Waals surface area contributed by atoms with Gasteiger partial charge in [-0.2, -0.15) is 0 Å². The normalized spacial score (nSPS) is 12.3. The minimum Gasteiger partial charge on any atom is -0.394 e. The van der Waals surface area contributed by atoms with E-state index in [1.165, 1.54) is 218 Å². The summed E-state index contributed by atoms with van der Waals surface area (Å²) in [6.45, 7) is 4.60. The van der Waals surface area contributed by atoms with Crippen LogP contribution in [-0.2, 0) is 9.59 Å². The fourth-order valence-corrected chi connectivity index (χ4v) is 8.26. The Morgan fingerprint density at radius 3 is 1.10 bits per heavy atom. The zero-order chi connectivity index (χ0) is 42.1. The molecule has 4 nitrogen and oxygen atoms in total. The van der Waals surface area contributed by atoms with Gasteiger partial charge in [0.2, 0.25) is 5.91 Å². The summed E-state index contributed by atoms with van der Waals surface area (Å²) in [5.41, 5.74) is 0. The molecule has 0 rings (SSSR count). The van der Waals surface area contributed by atoms with Crippen LogP contribution >= 0.6 is 0 Å². The first-order valence-corrected chi connectivity index (χ1v) is 26.4. The third kappa shape index (κ3) is 47.3. The van der Waals surface area contributed by atoms with Gasteiger partial charge in [-0.05, 0) is 57.8 Å². The molecule has 58 heavy (non-hydrogen) atoms. The quantitative estimate of drug-likeness (QED) is 0.0475. The average molecular weight is 814 g/mol. The Bertz CT molecular complexity index is 882. The molecule has 0 bridgehead atoms. The fourth-order valence-electron chi connectivity index (χ4n) is 8.26. The van der Waals surface area contributed by atoms with Crippen molar-refractivity contribution < 1.29 is 14.7 Å². The van der Waals surface area contributed by atoms with E-state index in [4.69, 9.17) is 0 Å². The van der Waals surface area contributed by atoms with Gasteiger partial charge in [0, 0.05) is 19.3 Å². The van der Waals surface area contributed by atoms with Crippen LogP contribution in [0.2, 0.25) is 0 Å². The standard InChI is InChI=1S/C54H103NO3/c1-3-5-7-9-11-13-15-17-19-21-23-27-31-35-39-43-47-52(51-56)55-54(58)50-46-42-38-34-30-26-22-25-29-33-37-41-45-49-53(57)48-44-40-36-32-28-24-20-18-16-14-12-10-8-6-4-2/h12,14,18,20,52,56H,3-11,13,15-17,19,21-51H2,1-2H3,(H,55,58)/b14-12-,20-18-/t52-/m1/s1. The lowest BCUT2D eigenvalue weighted by molar-refractivity contribution is -0.122. The maximum atomic E-state index is 12.4. The van der Waals surface area contributed by atoms with Crippen LogP contribution in [0, 0.1) is 0 Å². The zero-order valence-electron chi connectivity index (χ0n) is 39.5. The lowest BCUT2D eigenvalue weighted by atomic mass is 10.0. The van der Waals surface area contributed by atoms with Crippen molar-refractivity contribution in [3.05, 3.63) is 24.3 Å². The highest BCUT2D eigenvalue weighted by molar-refractivity contribution is 5.78. The fraction of sp³-hybridized carbons (Fsp3) is 0.889. The van der Waals surface area contributed by atoms with Crippen molar-refractivity contribution in [2.75, 3.05) is 6.61 Å². The van der Waals surface area contributed by atoms with Crippen molar-refractivity contribution in [2.45, 2.75) is 302 Å². The number of aliphatic hydroxyl groups is 1. The first-order valence-electron chi connectivity index (χ1n) is 26.4. The van der Waals surface area contributed by atoms with Crippen LogP contribution in [0.3, 0.4) is 0 Å². The largest absolute Gasteiger partial charge is 0.394 e. The van der Waals surface area contributed by atoms with Crippen molar-refractivity contribution in [1.82, 2.24) is 5.32 Å². The van der Waals surface area contributed by atoms with E-state index in [1.54, 1.807) is 0 Å². The van der Waals surface area contributed by atoms with E-state index in [0.29, 0.717) is 12.2 Å². The number of amides is 1. The number of nitrogens with one attached hydrogen (secondary N) is 1. The van der Waals surface area contributed by atoms with E-state index < -0.39 is 0 Å². The maximum Gasteiger partial charge on any atom is 0.220 e. The Balaban J connectivity index is 3.39. The highest BCUT2D eigenvalue weighted by atomic mass is 16.3. The van der Waals surface area contributed by atoms with E-state index in [1.807, 2.05) is 0 Å². The van der Waals surface area contributed by atoms with Crippen LogP contribution < -0.4 is 5.32 Å². The van der Waals surface area contributed by atoms with Crippen molar-refractivity contribution in [3.8, 4) is 0 Å². The lowest BCUT2D eigenvalue weighted by Gasteiger charge is -2.16. The number of carbonyl (C=O) groups is 2. The van der Waals surface area contributed by atoms with Gasteiger partial charge in [0.15, 0.2) is 0 Å². The van der Waals surface area contributed by atoms with E-state index >= 15 is 0 Å². The predicted octanol–water partition coefficient (Wildman–Crippen LogP) is 17.3. The molecule has 0 fully saturated rings. The molecule has 0 unspecified atom stereocenters. The topological polar surface area (TPSA) is 66.4 Å². The number of aliphatic hydroxyl groups excluding tert-OH is 1. The second-order valence-electron chi connectivity index (χ2n) is 18.2. The first-order chi connectivity index (χ1) is 28.6. The molecule has 0 spiro atoms. The third-order valence-corrected chi connectivity index (χ3v) is 12.3. The van der Waals surface area contributed by atoms with Gasteiger partial charge in [0.25, 0.3) is 0 Å². The van der Waals surface area contributed by atoms with Crippen LogP contribution in [0.15, 0.2) is 24.3 Å². The van der Waals surface area contributed by atoms with Gasteiger partial charge in [0.1, 0.15) is 5.78 Å². The van der Waals surface area contributed by atoms with Gasteiger partial charge >= 0.3 is 0 Å². The van der Waals surface area contributed by atoms with Crippen molar-refractivity contribution in [2.24, 2.45) is 0 Å². The Kier molecular flexibility index (Phi) is 48.7. The van der Waals surface area contributed by atoms with Gasteiger partial charge in [0.05, 0.1) is 12.6 Å². The van der Waals surface area contributed by atoms with Crippen molar-refractivity contribution in [1.29, 1.82) is 0 Å². The molecule has 0 heterocycles. The molecule has 0 saturated carbocycles. The molecule has 2 N–H and O–H groups in total. The summed E-state index contributed by atoms with van der Waals surface area (Å²) in [5, 5.41) is 12.9. The molecule has 0 aromatic carbocycles. The highest BCUT2D eigenvalue weighted by Crippen LogP contribution is 2.17. The smallest absolute Gasteiger partial charge is 0.220 e. The number of hydrogen-bond donors (Lipinski definition) is 2. The van der Waals surface area contributed by atoms with Gasteiger partial charge in [-0.1, -0.05) is 244 Å². The molecular weight excluding hydrogens is 711 g/mol.